The average Bonchev–Trinajstić information content (AvgIpc) is 3.28. The molecule has 1 aliphatic rings. The fourth-order valence-electron chi connectivity index (χ4n) is 7.92. The first kappa shape index (κ1) is 60.3. The lowest BCUT2D eigenvalue weighted by Gasteiger charge is -2.41. The molecule has 0 bridgehead atoms. The largest absolute Gasteiger partial charge is 0.472 e. The predicted molar refractivity (Wildman–Crippen MR) is 254 cm³/mol. The third-order valence-electron chi connectivity index (χ3n) is 12.0. The number of phosphoric ester groups is 1. The molecule has 1 rings (SSSR count). The molecule has 0 spiro atoms. The lowest BCUT2D eigenvalue weighted by atomic mass is 9.85. The highest BCUT2D eigenvalue weighted by Crippen LogP contribution is 2.47. The molecule has 1 saturated carbocycles. The Hall–Kier alpha value is -1.67. The van der Waals surface area contributed by atoms with Gasteiger partial charge in [0.05, 0.1) is 6.61 Å². The summed E-state index contributed by atoms with van der Waals surface area (Å²) in [4.78, 5) is 35.8. The van der Waals surface area contributed by atoms with E-state index < -0.39 is 75.7 Å². The molecule has 0 radical (unpaired) electrons. The number of allylic oxidation sites excluding steroid dienone is 4. The van der Waals surface area contributed by atoms with Crippen LogP contribution in [0.15, 0.2) is 24.3 Å². The highest BCUT2D eigenvalue weighted by atomic mass is 31.2. The molecule has 0 heterocycles. The topological polar surface area (TPSA) is 210 Å². The van der Waals surface area contributed by atoms with Crippen molar-refractivity contribution in [1.29, 1.82) is 0 Å². The van der Waals surface area contributed by atoms with E-state index in [-0.39, 0.29) is 12.8 Å². The zero-order valence-corrected chi connectivity index (χ0v) is 41.0. The molecule has 8 atom stereocenters. The van der Waals surface area contributed by atoms with Gasteiger partial charge in [-0.3, -0.25) is 18.6 Å². The molecule has 0 amide bonds. The molecule has 6 unspecified atom stereocenters. The van der Waals surface area contributed by atoms with Crippen molar-refractivity contribution >= 4 is 19.8 Å². The lowest BCUT2D eigenvalue weighted by Crippen LogP contribution is -2.64. The molecule has 1 fully saturated rings. The first-order valence-corrected chi connectivity index (χ1v) is 27.1. The summed E-state index contributed by atoms with van der Waals surface area (Å²) < 4.78 is 33.6. The quantitative estimate of drug-likeness (QED) is 0.0146. The maximum absolute atomic E-state index is 12.8. The van der Waals surface area contributed by atoms with E-state index in [9.17, 15) is 44.6 Å². The summed E-state index contributed by atoms with van der Waals surface area (Å²) in [5.41, 5.74) is 0. The van der Waals surface area contributed by atoms with Crippen molar-refractivity contribution in [2.45, 2.75) is 268 Å². The van der Waals surface area contributed by atoms with Gasteiger partial charge in [-0.15, -0.1) is 0 Å². The number of ether oxygens (including phenoxy) is 2. The van der Waals surface area contributed by atoms with Gasteiger partial charge in [0, 0.05) is 12.8 Å². The maximum atomic E-state index is 12.8. The van der Waals surface area contributed by atoms with Crippen LogP contribution < -0.4 is 0 Å². The zero-order valence-electron chi connectivity index (χ0n) is 40.1. The number of hydrogen-bond acceptors (Lipinski definition) is 12. The maximum Gasteiger partial charge on any atom is 0.472 e. The van der Waals surface area contributed by atoms with Crippen molar-refractivity contribution in [2.24, 2.45) is 0 Å². The molecule has 0 aromatic heterocycles. The zero-order chi connectivity index (χ0) is 47.1. The van der Waals surface area contributed by atoms with Crippen molar-refractivity contribution in [1.82, 2.24) is 0 Å². The van der Waals surface area contributed by atoms with Crippen molar-refractivity contribution in [2.75, 3.05) is 13.2 Å². The van der Waals surface area contributed by atoms with Gasteiger partial charge >= 0.3 is 19.8 Å². The van der Waals surface area contributed by atoms with Gasteiger partial charge in [-0.25, -0.2) is 4.57 Å². The summed E-state index contributed by atoms with van der Waals surface area (Å²) in [6.45, 7) is 3.30. The minimum Gasteiger partial charge on any atom is -0.462 e. The molecule has 0 aromatic rings. The third-order valence-corrected chi connectivity index (χ3v) is 13.0. The van der Waals surface area contributed by atoms with E-state index in [0.717, 1.165) is 32.1 Å². The van der Waals surface area contributed by atoms with Crippen molar-refractivity contribution < 1.29 is 63.1 Å². The van der Waals surface area contributed by atoms with Crippen LogP contribution in [0.2, 0.25) is 0 Å². The average molecular weight is 933 g/mol. The Morgan fingerprint density at radius 1 is 0.484 bits per heavy atom. The Morgan fingerprint density at radius 2 is 0.859 bits per heavy atom. The molecule has 376 valence electrons. The van der Waals surface area contributed by atoms with E-state index in [4.69, 9.17) is 18.5 Å². The number of hydrogen-bond donors (Lipinski definition) is 6. The molecule has 13 nitrogen and oxygen atoms in total. The van der Waals surface area contributed by atoms with E-state index in [2.05, 4.69) is 26.0 Å². The van der Waals surface area contributed by atoms with Crippen LogP contribution in [0.5, 0.6) is 0 Å². The second kappa shape index (κ2) is 40.4. The summed E-state index contributed by atoms with van der Waals surface area (Å²) >= 11 is 0. The summed E-state index contributed by atoms with van der Waals surface area (Å²) in [5, 5.41) is 50.2. The van der Waals surface area contributed by atoms with Gasteiger partial charge in [0.1, 0.15) is 43.2 Å². The minimum atomic E-state index is -5.13. The lowest BCUT2D eigenvalue weighted by molar-refractivity contribution is -0.220. The van der Waals surface area contributed by atoms with Gasteiger partial charge in [0.2, 0.25) is 0 Å². The Balaban J connectivity index is 2.42. The van der Waals surface area contributed by atoms with Crippen molar-refractivity contribution in [3.63, 3.8) is 0 Å². The number of rotatable bonds is 43. The first-order chi connectivity index (χ1) is 30.9. The number of unbranched alkanes of at least 4 members (excludes halogenated alkanes) is 27. The predicted octanol–water partition coefficient (Wildman–Crippen LogP) is 10.8. The standard InChI is InChI=1S/C50H93O13P/c1-3-5-7-9-11-13-15-17-19-21-23-24-26-28-30-32-34-36-38-43(51)60-40-42(41-61-64(58,59)63-50-48(56)46(54)45(53)47(55)49(50)57)62-44(52)39-37-35-33-31-29-27-25-22-20-18-16-14-12-10-8-6-4-2/h25,27,31,33,42,45-50,53-57H,3-24,26,28-30,32,34-41H2,1-2H3,(H,58,59)/b27-25+,33-31+/t42-,45?,46-,47?,48?,49?,50?/m0/s1. The van der Waals surface area contributed by atoms with Gasteiger partial charge in [0.25, 0.3) is 0 Å². The van der Waals surface area contributed by atoms with Gasteiger partial charge < -0.3 is 39.9 Å². The number of aliphatic hydroxyl groups excluding tert-OH is 5. The van der Waals surface area contributed by atoms with E-state index in [1.54, 1.807) is 0 Å². The second-order valence-electron chi connectivity index (χ2n) is 18.0. The highest BCUT2D eigenvalue weighted by molar-refractivity contribution is 7.47. The van der Waals surface area contributed by atoms with E-state index in [0.29, 0.717) is 19.3 Å². The number of esters is 2. The van der Waals surface area contributed by atoms with Crippen LogP contribution in [0.3, 0.4) is 0 Å². The van der Waals surface area contributed by atoms with Crippen LogP contribution in [-0.4, -0.2) is 98.3 Å². The van der Waals surface area contributed by atoms with Crippen LogP contribution in [0.4, 0.5) is 0 Å². The van der Waals surface area contributed by atoms with Gasteiger partial charge in [0.15, 0.2) is 6.10 Å². The number of phosphoric acid groups is 1. The van der Waals surface area contributed by atoms with Crippen LogP contribution >= 0.6 is 7.82 Å². The summed E-state index contributed by atoms with van der Waals surface area (Å²) in [7, 11) is -5.13. The summed E-state index contributed by atoms with van der Waals surface area (Å²) in [6.07, 6.45) is 32.4. The SMILES string of the molecule is CCCCCCCCCCC/C=C/C/C=C/CCCC(=O)O[C@@H](COC(=O)CCCCCCCCCCCCCCCCCCCC)COP(=O)(O)OC1C(O)C(O)C(O)[C@H](O)C1O. The fourth-order valence-corrected chi connectivity index (χ4v) is 8.89. The molecule has 6 N–H and O–H groups in total. The molecule has 1 aliphatic carbocycles. The molecule has 0 saturated heterocycles. The molecular formula is C50H93O13P. The van der Waals surface area contributed by atoms with E-state index >= 15 is 0 Å². The molecular weight excluding hydrogens is 840 g/mol. The Kier molecular flexibility index (Phi) is 38.1. The molecule has 0 aliphatic heterocycles. The Morgan fingerprint density at radius 3 is 1.31 bits per heavy atom. The number of carbonyl (C=O) groups is 2. The van der Waals surface area contributed by atoms with E-state index in [1.807, 2.05) is 12.2 Å². The molecule has 64 heavy (non-hydrogen) atoms. The smallest absolute Gasteiger partial charge is 0.462 e. The van der Waals surface area contributed by atoms with Gasteiger partial charge in [-0.05, 0) is 38.5 Å². The monoisotopic (exact) mass is 933 g/mol. The minimum absolute atomic E-state index is 0.0361. The number of carbonyl (C=O) groups excluding carboxylic acids is 2. The van der Waals surface area contributed by atoms with Gasteiger partial charge in [-0.1, -0.05) is 199 Å². The van der Waals surface area contributed by atoms with Crippen LogP contribution in [-0.2, 0) is 32.7 Å². The second-order valence-corrected chi connectivity index (χ2v) is 19.4. The van der Waals surface area contributed by atoms with E-state index in [1.165, 1.54) is 148 Å². The Labute approximate surface area is 387 Å². The first-order valence-electron chi connectivity index (χ1n) is 25.6. The van der Waals surface area contributed by atoms with Crippen LogP contribution in [0.25, 0.3) is 0 Å². The summed E-state index contributed by atoms with van der Waals surface area (Å²) in [6, 6.07) is 0. The van der Waals surface area contributed by atoms with Crippen LogP contribution in [0.1, 0.15) is 226 Å². The van der Waals surface area contributed by atoms with Gasteiger partial charge in [-0.2, -0.15) is 0 Å². The normalized spacial score (nSPS) is 21.7. The van der Waals surface area contributed by atoms with Crippen LogP contribution in [0, 0.1) is 0 Å². The third kappa shape index (κ3) is 32.1. The Bertz CT molecular complexity index is 1220. The molecule has 0 aromatic carbocycles. The summed E-state index contributed by atoms with van der Waals surface area (Å²) in [5.74, 6) is -1.14. The highest BCUT2D eigenvalue weighted by Gasteiger charge is 2.51. The van der Waals surface area contributed by atoms with Crippen molar-refractivity contribution in [3.05, 3.63) is 24.3 Å². The molecule has 14 heteroatoms. The fraction of sp³-hybridized carbons (Fsp3) is 0.880. The van der Waals surface area contributed by atoms with Crippen molar-refractivity contribution in [3.8, 4) is 0 Å². The number of aliphatic hydroxyl groups is 5.